The fourth-order valence-electron chi connectivity index (χ4n) is 1.42. The summed E-state index contributed by atoms with van der Waals surface area (Å²) >= 11 is 0. The van der Waals surface area contributed by atoms with Crippen LogP contribution in [0.15, 0.2) is 36.5 Å². The highest BCUT2D eigenvalue weighted by Crippen LogP contribution is 2.25. The summed E-state index contributed by atoms with van der Waals surface area (Å²) in [6, 6.07) is 8.24. The van der Waals surface area contributed by atoms with Gasteiger partial charge in [-0.25, -0.2) is 9.37 Å². The number of benzene rings is 1. The molecule has 0 fully saturated rings. The van der Waals surface area contributed by atoms with Crippen LogP contribution in [-0.4, -0.2) is 12.1 Å². The van der Waals surface area contributed by atoms with Gasteiger partial charge in [-0.15, -0.1) is 0 Å². The van der Waals surface area contributed by atoms with Crippen LogP contribution in [0.25, 0.3) is 11.1 Å². The van der Waals surface area contributed by atoms with Gasteiger partial charge in [-0.3, -0.25) is 0 Å². The Morgan fingerprint density at radius 3 is 2.50 bits per heavy atom. The molecule has 2 rings (SSSR count). The molecule has 1 aromatic carbocycles. The lowest BCUT2D eigenvalue weighted by atomic mass is 10.1. The highest BCUT2D eigenvalue weighted by molar-refractivity contribution is 5.64. The standard InChI is InChI=1S/C12H11FN2O/c1-16-11-4-2-8(6-10(11)13)9-3-5-12(14)15-7-9/h2-7H,1H3,(H2,14,15). The first-order valence-electron chi connectivity index (χ1n) is 4.76. The number of halogens is 1. The summed E-state index contributed by atoms with van der Waals surface area (Å²) in [5.74, 6) is 0.279. The summed E-state index contributed by atoms with van der Waals surface area (Å²) in [6.07, 6.45) is 1.61. The van der Waals surface area contributed by atoms with E-state index in [4.69, 9.17) is 10.5 Å². The van der Waals surface area contributed by atoms with Gasteiger partial charge in [-0.1, -0.05) is 6.07 Å². The predicted octanol–water partition coefficient (Wildman–Crippen LogP) is 2.48. The number of nitrogens with zero attached hydrogens (tertiary/aromatic N) is 1. The first kappa shape index (κ1) is 10.4. The van der Waals surface area contributed by atoms with Crippen LogP contribution in [0.2, 0.25) is 0 Å². The number of hydrogen-bond acceptors (Lipinski definition) is 3. The summed E-state index contributed by atoms with van der Waals surface area (Å²) in [5, 5.41) is 0. The summed E-state index contributed by atoms with van der Waals surface area (Å²) in [5.41, 5.74) is 7.03. The van der Waals surface area contributed by atoms with Crippen LogP contribution >= 0.6 is 0 Å². The molecule has 0 aliphatic heterocycles. The fourth-order valence-corrected chi connectivity index (χ4v) is 1.42. The van der Waals surface area contributed by atoms with Gasteiger partial charge in [0, 0.05) is 11.8 Å². The van der Waals surface area contributed by atoms with E-state index in [1.165, 1.54) is 13.2 Å². The van der Waals surface area contributed by atoms with Crippen molar-refractivity contribution in [2.24, 2.45) is 0 Å². The maximum absolute atomic E-state index is 13.4. The number of methoxy groups -OCH3 is 1. The Morgan fingerprint density at radius 1 is 1.19 bits per heavy atom. The number of ether oxygens (including phenoxy) is 1. The highest BCUT2D eigenvalue weighted by atomic mass is 19.1. The van der Waals surface area contributed by atoms with Crippen LogP contribution in [0.3, 0.4) is 0 Å². The van der Waals surface area contributed by atoms with Crippen LogP contribution in [-0.2, 0) is 0 Å². The normalized spacial score (nSPS) is 10.1. The topological polar surface area (TPSA) is 48.1 Å². The second kappa shape index (κ2) is 4.18. The van der Waals surface area contributed by atoms with Crippen molar-refractivity contribution in [3.8, 4) is 16.9 Å². The van der Waals surface area contributed by atoms with Crippen molar-refractivity contribution >= 4 is 5.82 Å². The number of anilines is 1. The van der Waals surface area contributed by atoms with E-state index >= 15 is 0 Å². The van der Waals surface area contributed by atoms with E-state index in [-0.39, 0.29) is 5.75 Å². The molecular weight excluding hydrogens is 207 g/mol. The maximum Gasteiger partial charge on any atom is 0.165 e. The van der Waals surface area contributed by atoms with Gasteiger partial charge in [-0.05, 0) is 29.8 Å². The van der Waals surface area contributed by atoms with Gasteiger partial charge in [0.05, 0.1) is 7.11 Å². The molecule has 16 heavy (non-hydrogen) atoms. The SMILES string of the molecule is COc1ccc(-c2ccc(N)nc2)cc1F. The third-order valence-electron chi connectivity index (χ3n) is 2.27. The number of pyridine rings is 1. The van der Waals surface area contributed by atoms with Gasteiger partial charge < -0.3 is 10.5 Å². The Hall–Kier alpha value is -2.10. The molecule has 0 unspecified atom stereocenters. The molecule has 1 aromatic heterocycles. The molecule has 0 aliphatic carbocycles. The molecule has 82 valence electrons. The minimum atomic E-state index is -0.392. The van der Waals surface area contributed by atoms with Crippen molar-refractivity contribution < 1.29 is 9.13 Å². The van der Waals surface area contributed by atoms with Crippen molar-refractivity contribution in [1.29, 1.82) is 0 Å². The third kappa shape index (κ3) is 1.95. The summed E-state index contributed by atoms with van der Waals surface area (Å²) < 4.78 is 18.3. The Morgan fingerprint density at radius 2 is 1.94 bits per heavy atom. The first-order chi connectivity index (χ1) is 7.70. The summed E-state index contributed by atoms with van der Waals surface area (Å²) in [6.45, 7) is 0. The van der Waals surface area contributed by atoms with Gasteiger partial charge in [-0.2, -0.15) is 0 Å². The van der Waals surface area contributed by atoms with Crippen molar-refractivity contribution in [2.75, 3.05) is 12.8 Å². The van der Waals surface area contributed by atoms with Crippen LogP contribution < -0.4 is 10.5 Å². The molecule has 0 saturated heterocycles. The zero-order valence-corrected chi connectivity index (χ0v) is 8.77. The molecule has 2 aromatic rings. The molecule has 0 spiro atoms. The fraction of sp³-hybridized carbons (Fsp3) is 0.0833. The molecule has 4 heteroatoms. The first-order valence-corrected chi connectivity index (χ1v) is 4.76. The molecule has 0 radical (unpaired) electrons. The van der Waals surface area contributed by atoms with Crippen LogP contribution in [0, 0.1) is 5.82 Å². The van der Waals surface area contributed by atoms with Crippen LogP contribution in [0.4, 0.5) is 10.2 Å². The monoisotopic (exact) mass is 218 g/mol. The molecule has 0 atom stereocenters. The summed E-state index contributed by atoms with van der Waals surface area (Å²) in [7, 11) is 1.43. The summed E-state index contributed by atoms with van der Waals surface area (Å²) in [4.78, 5) is 3.95. The van der Waals surface area contributed by atoms with Gasteiger partial charge in [0.15, 0.2) is 11.6 Å². The number of rotatable bonds is 2. The van der Waals surface area contributed by atoms with E-state index < -0.39 is 5.82 Å². The Bertz CT molecular complexity index is 497. The molecule has 0 amide bonds. The highest BCUT2D eigenvalue weighted by Gasteiger charge is 2.05. The molecule has 3 nitrogen and oxygen atoms in total. The largest absolute Gasteiger partial charge is 0.494 e. The molecule has 0 saturated carbocycles. The second-order valence-electron chi connectivity index (χ2n) is 3.32. The average molecular weight is 218 g/mol. The minimum Gasteiger partial charge on any atom is -0.494 e. The van der Waals surface area contributed by atoms with Gasteiger partial charge in [0.2, 0.25) is 0 Å². The lowest BCUT2D eigenvalue weighted by molar-refractivity contribution is 0.386. The zero-order chi connectivity index (χ0) is 11.5. The molecule has 1 heterocycles. The minimum absolute atomic E-state index is 0.229. The van der Waals surface area contributed by atoms with E-state index in [2.05, 4.69) is 4.98 Å². The van der Waals surface area contributed by atoms with Gasteiger partial charge in [0.1, 0.15) is 5.82 Å². The van der Waals surface area contributed by atoms with E-state index in [9.17, 15) is 4.39 Å². The van der Waals surface area contributed by atoms with Gasteiger partial charge in [0.25, 0.3) is 0 Å². The smallest absolute Gasteiger partial charge is 0.165 e. The predicted molar refractivity (Wildman–Crippen MR) is 60.6 cm³/mol. The zero-order valence-electron chi connectivity index (χ0n) is 8.77. The molecule has 2 N–H and O–H groups in total. The number of hydrogen-bond donors (Lipinski definition) is 1. The Labute approximate surface area is 92.7 Å². The Balaban J connectivity index is 2.41. The molecule has 0 bridgehead atoms. The van der Waals surface area contributed by atoms with Crippen molar-refractivity contribution in [3.05, 3.63) is 42.3 Å². The van der Waals surface area contributed by atoms with E-state index in [0.29, 0.717) is 5.82 Å². The van der Waals surface area contributed by atoms with Crippen molar-refractivity contribution in [2.45, 2.75) is 0 Å². The van der Waals surface area contributed by atoms with E-state index in [1.54, 1.807) is 30.5 Å². The third-order valence-corrected chi connectivity index (χ3v) is 2.27. The second-order valence-corrected chi connectivity index (χ2v) is 3.32. The lowest BCUT2D eigenvalue weighted by Crippen LogP contribution is -1.91. The van der Waals surface area contributed by atoms with Crippen LogP contribution in [0.1, 0.15) is 0 Å². The number of nitrogen functional groups attached to an aromatic ring is 1. The molecule has 0 aliphatic rings. The van der Waals surface area contributed by atoms with E-state index in [0.717, 1.165) is 11.1 Å². The average Bonchev–Trinajstić information content (AvgIpc) is 2.30. The Kier molecular flexibility index (Phi) is 2.72. The van der Waals surface area contributed by atoms with Crippen LogP contribution in [0.5, 0.6) is 5.75 Å². The number of nitrogens with two attached hydrogens (primary N) is 1. The van der Waals surface area contributed by atoms with Crippen molar-refractivity contribution in [1.82, 2.24) is 4.98 Å². The van der Waals surface area contributed by atoms with E-state index in [1.807, 2.05) is 0 Å². The molecular formula is C12H11FN2O. The van der Waals surface area contributed by atoms with Crippen molar-refractivity contribution in [3.63, 3.8) is 0 Å². The lowest BCUT2D eigenvalue weighted by Gasteiger charge is -2.05. The van der Waals surface area contributed by atoms with Gasteiger partial charge >= 0.3 is 0 Å². The maximum atomic E-state index is 13.4. The number of aromatic nitrogens is 1. The quantitative estimate of drug-likeness (QED) is 0.842.